The average molecular weight is 223 g/mol. The third kappa shape index (κ3) is 6.47. The van der Waals surface area contributed by atoms with E-state index >= 15 is 0 Å². The molecule has 70 valence electrons. The van der Waals surface area contributed by atoms with Gasteiger partial charge in [0, 0.05) is 0 Å². The predicted molar refractivity (Wildman–Crippen MR) is 48.4 cm³/mol. The van der Waals surface area contributed by atoms with Crippen molar-refractivity contribution >= 4 is 55.5 Å². The number of hydrogen-bond donors (Lipinski definition) is 3. The van der Waals surface area contributed by atoms with Crippen molar-refractivity contribution in [2.45, 2.75) is 12.5 Å². The number of carboxylic acids is 1. The fraction of sp³-hybridized carbons (Fsp3) is 0.800. The number of hydrogen-bond acceptors (Lipinski definition) is 5. The van der Waals surface area contributed by atoms with Crippen LogP contribution in [0.4, 0.5) is 0 Å². The first-order valence-electron chi connectivity index (χ1n) is 2.98. The van der Waals surface area contributed by atoms with Crippen LogP contribution < -0.4 is 0 Å². The molecule has 0 aromatic rings. The van der Waals surface area contributed by atoms with Crippen LogP contribution in [0.15, 0.2) is 0 Å². The molecule has 0 saturated carbocycles. The predicted octanol–water partition coefficient (Wildman–Crippen LogP) is -0.643. The molecular formula is C5H13CaNO4S. The van der Waals surface area contributed by atoms with E-state index < -0.39 is 12.0 Å². The summed E-state index contributed by atoms with van der Waals surface area (Å²) in [6, 6.07) is -1.22. The molecule has 0 aliphatic rings. The number of aliphatic carboxylic acids is 1. The van der Waals surface area contributed by atoms with Crippen LogP contribution in [0, 0.1) is 0 Å². The molecular weight excluding hydrogens is 210 g/mol. The van der Waals surface area contributed by atoms with Gasteiger partial charge in [0.05, 0.1) is 0 Å². The Kier molecular flexibility index (Phi) is 11.0. The molecule has 0 saturated heterocycles. The molecule has 0 bridgehead atoms. The molecule has 7 heteroatoms. The topological polar surface area (TPSA) is 81.0 Å². The maximum atomic E-state index is 10.3. The molecule has 5 nitrogen and oxygen atoms in total. The van der Waals surface area contributed by atoms with Gasteiger partial charge in [0.15, 0.2) is 6.04 Å². The standard InChI is InChI=1S/C5H11NO4S.Ca.2H/c1-11-3-2-4(5(7)8)6(9)10;;;/h4,9-10H,2-3H2,1H3,(H,7,8);;;. The Balaban J connectivity index is 0. The van der Waals surface area contributed by atoms with Gasteiger partial charge in [-0.05, 0) is 18.4 Å². The molecule has 0 aromatic carbocycles. The van der Waals surface area contributed by atoms with Gasteiger partial charge in [-0.15, -0.1) is 0 Å². The molecule has 0 amide bonds. The van der Waals surface area contributed by atoms with Gasteiger partial charge in [-0.1, -0.05) is 5.23 Å². The van der Waals surface area contributed by atoms with Gasteiger partial charge < -0.3 is 5.11 Å². The van der Waals surface area contributed by atoms with E-state index in [2.05, 4.69) is 0 Å². The van der Waals surface area contributed by atoms with Gasteiger partial charge in [0.25, 0.3) is 0 Å². The van der Waals surface area contributed by atoms with Crippen LogP contribution >= 0.6 is 11.8 Å². The van der Waals surface area contributed by atoms with Crippen molar-refractivity contribution < 1.29 is 20.3 Å². The second-order valence-electron chi connectivity index (χ2n) is 1.96. The van der Waals surface area contributed by atoms with Crippen molar-refractivity contribution in [1.29, 1.82) is 0 Å². The molecule has 0 rings (SSSR count). The summed E-state index contributed by atoms with van der Waals surface area (Å²) in [5, 5.41) is 24.9. The van der Waals surface area contributed by atoms with E-state index in [1.807, 2.05) is 6.26 Å². The monoisotopic (exact) mass is 223 g/mol. The Morgan fingerprint density at radius 3 is 2.33 bits per heavy atom. The van der Waals surface area contributed by atoms with Crippen LogP contribution in [-0.4, -0.2) is 82.5 Å². The summed E-state index contributed by atoms with van der Waals surface area (Å²) in [6.45, 7) is 0. The van der Waals surface area contributed by atoms with Crippen molar-refractivity contribution in [3.63, 3.8) is 0 Å². The molecule has 0 heterocycles. The van der Waals surface area contributed by atoms with Crippen LogP contribution in [0.25, 0.3) is 0 Å². The van der Waals surface area contributed by atoms with Crippen LogP contribution in [-0.2, 0) is 4.79 Å². The van der Waals surface area contributed by atoms with E-state index in [0.717, 1.165) is 0 Å². The molecule has 1 atom stereocenters. The number of carboxylic acid groups (broad SMARTS) is 1. The average Bonchev–Trinajstić information content (AvgIpc) is 1.87. The maximum absolute atomic E-state index is 10.3. The Morgan fingerprint density at radius 1 is 1.58 bits per heavy atom. The Morgan fingerprint density at radius 2 is 2.08 bits per heavy atom. The molecule has 0 spiro atoms. The third-order valence-corrected chi connectivity index (χ3v) is 1.80. The third-order valence-electron chi connectivity index (χ3n) is 1.16. The van der Waals surface area contributed by atoms with E-state index in [4.69, 9.17) is 15.5 Å². The number of hydroxylamine groups is 2. The van der Waals surface area contributed by atoms with Crippen molar-refractivity contribution in [1.82, 2.24) is 5.23 Å². The summed E-state index contributed by atoms with van der Waals surface area (Å²) in [6.07, 6.45) is 2.03. The van der Waals surface area contributed by atoms with Crippen LogP contribution in [0.2, 0.25) is 0 Å². The van der Waals surface area contributed by atoms with Gasteiger partial charge in [-0.25, -0.2) is 0 Å². The SMILES string of the molecule is CSCCC(C(=O)O)N(O)O.[CaH2]. The van der Waals surface area contributed by atoms with E-state index in [1.54, 1.807) is 0 Å². The van der Waals surface area contributed by atoms with Crippen molar-refractivity contribution in [3.05, 3.63) is 0 Å². The van der Waals surface area contributed by atoms with E-state index in [9.17, 15) is 4.79 Å². The Bertz CT molecular complexity index is 135. The summed E-state index contributed by atoms with van der Waals surface area (Å²) in [4.78, 5) is 10.3. The van der Waals surface area contributed by atoms with Crippen molar-refractivity contribution in [2.24, 2.45) is 0 Å². The second-order valence-corrected chi connectivity index (χ2v) is 2.94. The zero-order valence-electron chi connectivity index (χ0n) is 6.10. The summed E-state index contributed by atoms with van der Waals surface area (Å²) in [5.41, 5.74) is 0. The zero-order chi connectivity index (χ0) is 8.85. The molecule has 0 fully saturated rings. The fourth-order valence-electron chi connectivity index (χ4n) is 0.567. The molecule has 0 aliphatic heterocycles. The first-order chi connectivity index (χ1) is 5.09. The van der Waals surface area contributed by atoms with Crippen molar-refractivity contribution in [3.8, 4) is 0 Å². The first-order valence-corrected chi connectivity index (χ1v) is 4.37. The summed E-state index contributed by atoms with van der Waals surface area (Å²) >= 11 is 1.45. The normalized spacial score (nSPS) is 12.3. The van der Waals surface area contributed by atoms with Gasteiger partial charge >= 0.3 is 43.7 Å². The molecule has 0 aliphatic carbocycles. The zero-order valence-corrected chi connectivity index (χ0v) is 6.91. The summed E-state index contributed by atoms with van der Waals surface area (Å²) in [5.74, 6) is -0.654. The van der Waals surface area contributed by atoms with Gasteiger partial charge in [-0.3, -0.25) is 15.2 Å². The minimum absolute atomic E-state index is 0. The molecule has 12 heavy (non-hydrogen) atoms. The molecule has 3 N–H and O–H groups in total. The Labute approximate surface area is 105 Å². The summed E-state index contributed by atoms with van der Waals surface area (Å²) < 4.78 is 0. The summed E-state index contributed by atoms with van der Waals surface area (Å²) in [7, 11) is 0. The van der Waals surface area contributed by atoms with Gasteiger partial charge in [0.2, 0.25) is 0 Å². The quantitative estimate of drug-likeness (QED) is 0.425. The minimum atomic E-state index is -1.23. The van der Waals surface area contributed by atoms with Crippen LogP contribution in [0.1, 0.15) is 6.42 Å². The van der Waals surface area contributed by atoms with E-state index in [1.165, 1.54) is 11.8 Å². The van der Waals surface area contributed by atoms with E-state index in [0.29, 0.717) is 5.75 Å². The Hall–Kier alpha value is 0.960. The van der Waals surface area contributed by atoms with Crippen LogP contribution in [0.3, 0.4) is 0 Å². The van der Waals surface area contributed by atoms with E-state index in [-0.39, 0.29) is 49.4 Å². The number of rotatable bonds is 5. The van der Waals surface area contributed by atoms with Gasteiger partial charge in [-0.2, -0.15) is 11.8 Å². The fourth-order valence-corrected chi connectivity index (χ4v) is 1.03. The molecule has 1 unspecified atom stereocenters. The van der Waals surface area contributed by atoms with Gasteiger partial charge in [0.1, 0.15) is 0 Å². The molecule has 0 radical (unpaired) electrons. The van der Waals surface area contributed by atoms with Crippen LogP contribution in [0.5, 0.6) is 0 Å². The number of nitrogens with zero attached hydrogens (tertiary/aromatic N) is 1. The number of thioether (sulfide) groups is 1. The molecule has 0 aromatic heterocycles. The number of carbonyl (C=O) groups is 1. The van der Waals surface area contributed by atoms with Crippen molar-refractivity contribution in [2.75, 3.05) is 12.0 Å². The first kappa shape index (κ1) is 15.4. The second kappa shape index (κ2) is 8.55.